The van der Waals surface area contributed by atoms with Gasteiger partial charge in [-0.1, -0.05) is 40.2 Å². The number of halogens is 1. The molecule has 0 N–H and O–H groups in total. The van der Waals surface area contributed by atoms with Crippen LogP contribution in [0, 0.1) is 21.4 Å². The SMILES string of the molecule is CC(C)(C#N)c1ccc(Cc2c([N+](=O)[O-])cnc3ccc(Br)cc23)cc1. The minimum atomic E-state index is -0.571. The summed E-state index contributed by atoms with van der Waals surface area (Å²) in [5.41, 5.74) is 2.65. The van der Waals surface area contributed by atoms with Gasteiger partial charge in [0.1, 0.15) is 6.20 Å². The largest absolute Gasteiger partial charge is 0.291 e. The zero-order valence-electron chi connectivity index (χ0n) is 14.4. The van der Waals surface area contributed by atoms with Crippen LogP contribution in [0.2, 0.25) is 0 Å². The summed E-state index contributed by atoms with van der Waals surface area (Å²) in [6, 6.07) is 15.5. The predicted molar refractivity (Wildman–Crippen MR) is 104 cm³/mol. The van der Waals surface area contributed by atoms with Crippen LogP contribution < -0.4 is 0 Å². The molecule has 0 saturated heterocycles. The zero-order valence-corrected chi connectivity index (χ0v) is 15.9. The summed E-state index contributed by atoms with van der Waals surface area (Å²) in [6.45, 7) is 3.72. The second-order valence-corrected chi connectivity index (χ2v) is 7.57. The third-order valence-electron chi connectivity index (χ3n) is 4.45. The molecule has 2 aromatic carbocycles. The fraction of sp³-hybridized carbons (Fsp3) is 0.200. The Labute approximate surface area is 159 Å². The van der Waals surface area contributed by atoms with Gasteiger partial charge in [-0.15, -0.1) is 0 Å². The van der Waals surface area contributed by atoms with Crippen LogP contribution in [0.25, 0.3) is 10.9 Å². The van der Waals surface area contributed by atoms with Crippen LogP contribution in [0.3, 0.4) is 0 Å². The smallest absolute Gasteiger partial charge is 0.258 e. The van der Waals surface area contributed by atoms with Crippen molar-refractivity contribution in [2.75, 3.05) is 0 Å². The van der Waals surface area contributed by atoms with Crippen LogP contribution in [0.4, 0.5) is 5.69 Å². The molecule has 0 unspecified atom stereocenters. The monoisotopic (exact) mass is 409 g/mol. The van der Waals surface area contributed by atoms with Crippen LogP contribution in [0.15, 0.2) is 53.1 Å². The van der Waals surface area contributed by atoms with Crippen LogP contribution in [0.5, 0.6) is 0 Å². The highest BCUT2D eigenvalue weighted by Gasteiger charge is 2.21. The van der Waals surface area contributed by atoms with E-state index in [0.717, 1.165) is 26.5 Å². The van der Waals surface area contributed by atoms with E-state index in [1.54, 1.807) is 0 Å². The molecular formula is C20H16BrN3O2. The molecule has 0 aliphatic rings. The average Bonchev–Trinajstić information content (AvgIpc) is 2.62. The molecule has 1 aromatic heterocycles. The lowest BCUT2D eigenvalue weighted by Crippen LogP contribution is -2.13. The first-order valence-electron chi connectivity index (χ1n) is 8.04. The number of aromatic nitrogens is 1. The van der Waals surface area contributed by atoms with Crippen molar-refractivity contribution < 1.29 is 4.92 Å². The van der Waals surface area contributed by atoms with Crippen LogP contribution >= 0.6 is 15.9 Å². The lowest BCUT2D eigenvalue weighted by atomic mass is 9.85. The van der Waals surface area contributed by atoms with Crippen molar-refractivity contribution in [1.82, 2.24) is 4.98 Å². The van der Waals surface area contributed by atoms with E-state index in [1.807, 2.05) is 56.3 Å². The maximum absolute atomic E-state index is 11.5. The highest BCUT2D eigenvalue weighted by molar-refractivity contribution is 9.10. The van der Waals surface area contributed by atoms with E-state index >= 15 is 0 Å². The van der Waals surface area contributed by atoms with Gasteiger partial charge in [-0.3, -0.25) is 10.1 Å². The Morgan fingerprint density at radius 3 is 2.54 bits per heavy atom. The maximum Gasteiger partial charge on any atom is 0.291 e. The number of nitrogens with zero attached hydrogens (tertiary/aromatic N) is 3. The normalized spacial score (nSPS) is 11.3. The molecule has 0 atom stereocenters. The Hall–Kier alpha value is -2.78. The van der Waals surface area contributed by atoms with Gasteiger partial charge in [0.25, 0.3) is 5.69 Å². The van der Waals surface area contributed by atoms with Crippen molar-refractivity contribution in [3.05, 3.63) is 79.9 Å². The molecule has 0 aliphatic heterocycles. The molecule has 6 heteroatoms. The minimum absolute atomic E-state index is 0.0111. The summed E-state index contributed by atoms with van der Waals surface area (Å²) < 4.78 is 0.847. The first-order valence-corrected chi connectivity index (χ1v) is 8.83. The Kier molecular flexibility index (Phi) is 4.75. The molecule has 0 bridgehead atoms. The van der Waals surface area contributed by atoms with Gasteiger partial charge in [0, 0.05) is 21.8 Å². The Bertz CT molecular complexity index is 1040. The molecule has 3 aromatic rings. The summed E-state index contributed by atoms with van der Waals surface area (Å²) >= 11 is 3.42. The predicted octanol–water partition coefficient (Wildman–Crippen LogP) is 5.30. The minimum Gasteiger partial charge on any atom is -0.258 e. The van der Waals surface area contributed by atoms with Crippen LogP contribution in [0.1, 0.15) is 30.5 Å². The maximum atomic E-state index is 11.5. The molecular weight excluding hydrogens is 394 g/mol. The van der Waals surface area contributed by atoms with Crippen molar-refractivity contribution >= 4 is 32.5 Å². The summed E-state index contributed by atoms with van der Waals surface area (Å²) in [5.74, 6) is 0. The van der Waals surface area contributed by atoms with E-state index < -0.39 is 10.3 Å². The Balaban J connectivity index is 2.08. The number of benzene rings is 2. The van der Waals surface area contributed by atoms with Crippen molar-refractivity contribution in [3.8, 4) is 6.07 Å². The van der Waals surface area contributed by atoms with Crippen molar-refractivity contribution in [3.63, 3.8) is 0 Å². The van der Waals surface area contributed by atoms with E-state index in [0.29, 0.717) is 12.0 Å². The van der Waals surface area contributed by atoms with Gasteiger partial charge in [0.05, 0.1) is 21.9 Å². The van der Waals surface area contributed by atoms with Gasteiger partial charge < -0.3 is 0 Å². The number of pyridine rings is 1. The first kappa shape index (κ1) is 18.0. The molecule has 5 nitrogen and oxygen atoms in total. The average molecular weight is 410 g/mol. The summed E-state index contributed by atoms with van der Waals surface area (Å²) in [7, 11) is 0. The quantitative estimate of drug-likeness (QED) is 0.432. The van der Waals surface area contributed by atoms with E-state index in [2.05, 4.69) is 27.0 Å². The summed E-state index contributed by atoms with van der Waals surface area (Å²) in [4.78, 5) is 15.3. The van der Waals surface area contributed by atoms with Gasteiger partial charge in [0.2, 0.25) is 0 Å². The number of nitro groups is 1. The van der Waals surface area contributed by atoms with Crippen molar-refractivity contribution in [1.29, 1.82) is 5.26 Å². The fourth-order valence-corrected chi connectivity index (χ4v) is 3.22. The number of nitriles is 1. The lowest BCUT2D eigenvalue weighted by Gasteiger charge is -2.16. The Morgan fingerprint density at radius 1 is 1.23 bits per heavy atom. The highest BCUT2D eigenvalue weighted by atomic mass is 79.9. The van der Waals surface area contributed by atoms with Crippen LogP contribution in [-0.4, -0.2) is 9.91 Å². The highest BCUT2D eigenvalue weighted by Crippen LogP contribution is 2.31. The van der Waals surface area contributed by atoms with E-state index in [9.17, 15) is 15.4 Å². The molecule has 130 valence electrons. The lowest BCUT2D eigenvalue weighted by molar-refractivity contribution is -0.385. The molecule has 0 spiro atoms. The first-order chi connectivity index (χ1) is 12.3. The number of hydrogen-bond acceptors (Lipinski definition) is 4. The number of hydrogen-bond donors (Lipinski definition) is 0. The number of rotatable bonds is 4. The van der Waals surface area contributed by atoms with Gasteiger partial charge in [-0.25, -0.2) is 4.98 Å². The second-order valence-electron chi connectivity index (χ2n) is 6.65. The zero-order chi connectivity index (χ0) is 18.9. The van der Waals surface area contributed by atoms with E-state index in [1.165, 1.54) is 6.20 Å². The molecule has 26 heavy (non-hydrogen) atoms. The van der Waals surface area contributed by atoms with Crippen LogP contribution in [-0.2, 0) is 11.8 Å². The standard InChI is InChI=1S/C20H16BrN3O2/c1-20(2,12-22)14-5-3-13(4-6-14)9-17-16-10-15(21)7-8-18(16)23-11-19(17)24(25)26/h3-8,10-11H,9H2,1-2H3. The number of fused-ring (bicyclic) bond motifs is 1. The molecule has 3 rings (SSSR count). The van der Waals surface area contributed by atoms with Gasteiger partial charge >= 0.3 is 0 Å². The molecule has 1 heterocycles. The fourth-order valence-electron chi connectivity index (χ4n) is 2.86. The Morgan fingerprint density at radius 2 is 1.92 bits per heavy atom. The van der Waals surface area contributed by atoms with Gasteiger partial charge in [-0.2, -0.15) is 5.26 Å². The molecule has 0 saturated carbocycles. The molecule has 0 aliphatic carbocycles. The van der Waals surface area contributed by atoms with Gasteiger partial charge in [-0.05, 0) is 43.2 Å². The molecule has 0 radical (unpaired) electrons. The van der Waals surface area contributed by atoms with Crippen molar-refractivity contribution in [2.24, 2.45) is 0 Å². The van der Waals surface area contributed by atoms with E-state index in [-0.39, 0.29) is 5.69 Å². The topological polar surface area (TPSA) is 79.8 Å². The van der Waals surface area contributed by atoms with Gasteiger partial charge in [0.15, 0.2) is 0 Å². The molecule has 0 amide bonds. The summed E-state index contributed by atoms with van der Waals surface area (Å²) in [6.07, 6.45) is 1.73. The van der Waals surface area contributed by atoms with Crippen molar-refractivity contribution in [2.45, 2.75) is 25.7 Å². The summed E-state index contributed by atoms with van der Waals surface area (Å²) in [5, 5.41) is 21.5. The van der Waals surface area contributed by atoms with E-state index in [4.69, 9.17) is 0 Å². The third kappa shape index (κ3) is 3.44. The molecule has 0 fully saturated rings. The second kappa shape index (κ2) is 6.85. The third-order valence-corrected chi connectivity index (χ3v) is 4.94.